The predicted molar refractivity (Wildman–Crippen MR) is 99.8 cm³/mol. The molecule has 0 amide bonds. The molecule has 0 bridgehead atoms. The molecule has 0 aliphatic rings. The predicted octanol–water partition coefficient (Wildman–Crippen LogP) is 4.54. The normalized spacial score (nSPS) is 10.6. The summed E-state index contributed by atoms with van der Waals surface area (Å²) in [6.45, 7) is 0. The maximum atomic E-state index is 6.50. The third-order valence-electron chi connectivity index (χ3n) is 3.36. The van der Waals surface area contributed by atoms with Gasteiger partial charge < -0.3 is 9.47 Å². The Morgan fingerprint density at radius 3 is 2.30 bits per heavy atom. The Bertz CT molecular complexity index is 843. The molecule has 0 radical (unpaired) electrons. The summed E-state index contributed by atoms with van der Waals surface area (Å²) in [4.78, 5) is 8.60. The molecule has 1 aromatic heterocycles. The number of methoxy groups -OCH3 is 2. The lowest BCUT2D eigenvalue weighted by Crippen LogP contribution is -2.05. The van der Waals surface area contributed by atoms with E-state index < -0.39 is 0 Å². The van der Waals surface area contributed by atoms with Gasteiger partial charge in [-0.3, -0.25) is 0 Å². The van der Waals surface area contributed by atoms with Crippen molar-refractivity contribution in [2.45, 2.75) is 0 Å². The molecule has 5 nitrogen and oxygen atoms in total. The van der Waals surface area contributed by atoms with Gasteiger partial charge in [-0.2, -0.15) is 0 Å². The quantitative estimate of drug-likeness (QED) is 0.439. The molecule has 0 spiro atoms. The van der Waals surface area contributed by atoms with Crippen LogP contribution in [0.5, 0.6) is 11.5 Å². The van der Waals surface area contributed by atoms with E-state index in [1.807, 2.05) is 30.3 Å². The van der Waals surface area contributed by atoms with Crippen LogP contribution < -0.4 is 13.9 Å². The van der Waals surface area contributed by atoms with Crippen molar-refractivity contribution in [1.29, 1.82) is 0 Å². The zero-order valence-corrected chi connectivity index (χ0v) is 15.4. The number of anilines is 2. The number of halogens is 2. The van der Waals surface area contributed by atoms with Crippen LogP contribution in [0.4, 0.5) is 11.5 Å². The first-order valence-corrected chi connectivity index (χ1v) is 8.14. The van der Waals surface area contributed by atoms with Crippen LogP contribution in [0.1, 0.15) is 0 Å². The molecule has 2 aromatic carbocycles. The molecule has 0 unspecified atom stereocenters. The Labute approximate surface area is 152 Å². The van der Waals surface area contributed by atoms with Gasteiger partial charge in [-0.1, -0.05) is 0 Å². The van der Waals surface area contributed by atoms with Gasteiger partial charge in [-0.05, 0) is 52.9 Å². The summed E-state index contributed by atoms with van der Waals surface area (Å²) in [7, 11) is 3.18. The summed E-state index contributed by atoms with van der Waals surface area (Å²) >= 11 is 8.75. The van der Waals surface area contributed by atoms with Crippen LogP contribution in [-0.4, -0.2) is 24.2 Å². The number of hydrogen-bond acceptors (Lipinski definition) is 5. The van der Waals surface area contributed by atoms with Crippen molar-refractivity contribution in [3.05, 3.63) is 46.3 Å². The third kappa shape index (κ3) is 3.13. The van der Waals surface area contributed by atoms with Crippen LogP contribution in [-0.2, 0) is 0 Å². The topological polar surface area (TPSA) is 47.5 Å². The van der Waals surface area contributed by atoms with E-state index in [0.717, 1.165) is 20.2 Å². The molecule has 0 saturated heterocycles. The molecule has 0 fully saturated rings. The largest absolute Gasteiger partial charge is 0.493 e. The summed E-state index contributed by atoms with van der Waals surface area (Å²) in [5.74, 6) is 1.79. The van der Waals surface area contributed by atoms with Crippen molar-refractivity contribution >= 4 is 56.8 Å². The second-order valence-electron chi connectivity index (χ2n) is 4.68. The van der Waals surface area contributed by atoms with Gasteiger partial charge in [0, 0.05) is 26.8 Å². The monoisotopic (exact) mass is 441 g/mol. The van der Waals surface area contributed by atoms with Gasteiger partial charge in [0.1, 0.15) is 6.33 Å². The highest BCUT2D eigenvalue weighted by Gasteiger charge is 2.15. The molecular weight excluding hydrogens is 429 g/mol. The standard InChI is InChI=1S/C16H13ClIN3O2/c1-22-14-7-12-13(8-15(14)23-2)19-9-20-16(12)21(17)11-5-3-10(18)4-6-11/h3-9H,1-2H3. The first-order valence-electron chi connectivity index (χ1n) is 6.72. The van der Waals surface area contributed by atoms with Crippen LogP contribution >= 0.6 is 34.4 Å². The zero-order valence-electron chi connectivity index (χ0n) is 12.5. The van der Waals surface area contributed by atoms with Gasteiger partial charge in [-0.25, -0.2) is 14.4 Å². The number of nitrogens with zero attached hydrogens (tertiary/aromatic N) is 3. The van der Waals surface area contributed by atoms with Gasteiger partial charge in [0.25, 0.3) is 0 Å². The van der Waals surface area contributed by atoms with Gasteiger partial charge in [0.05, 0.1) is 25.4 Å². The molecule has 0 saturated carbocycles. The van der Waals surface area contributed by atoms with E-state index in [-0.39, 0.29) is 0 Å². The van der Waals surface area contributed by atoms with Gasteiger partial charge in [-0.15, -0.1) is 0 Å². The zero-order chi connectivity index (χ0) is 16.4. The first kappa shape index (κ1) is 16.1. The number of fused-ring (bicyclic) bond motifs is 1. The fraction of sp³-hybridized carbons (Fsp3) is 0.125. The molecule has 7 heteroatoms. The summed E-state index contributed by atoms with van der Waals surface area (Å²) in [6.07, 6.45) is 1.48. The molecule has 3 rings (SSSR count). The summed E-state index contributed by atoms with van der Waals surface area (Å²) in [5.41, 5.74) is 1.55. The van der Waals surface area contributed by atoms with E-state index in [1.165, 1.54) is 10.7 Å². The van der Waals surface area contributed by atoms with E-state index in [4.69, 9.17) is 21.3 Å². The van der Waals surface area contributed by atoms with Crippen LogP contribution in [0.15, 0.2) is 42.7 Å². The molecule has 0 N–H and O–H groups in total. The average molecular weight is 442 g/mol. The van der Waals surface area contributed by atoms with Gasteiger partial charge in [0.15, 0.2) is 17.3 Å². The highest BCUT2D eigenvalue weighted by molar-refractivity contribution is 14.1. The van der Waals surface area contributed by atoms with E-state index in [1.54, 1.807) is 20.3 Å². The molecule has 0 atom stereocenters. The fourth-order valence-electron chi connectivity index (χ4n) is 2.22. The van der Waals surface area contributed by atoms with E-state index in [2.05, 4.69) is 32.6 Å². The smallest absolute Gasteiger partial charge is 0.162 e. The lowest BCUT2D eigenvalue weighted by atomic mass is 10.2. The maximum absolute atomic E-state index is 6.50. The van der Waals surface area contributed by atoms with E-state index in [0.29, 0.717) is 17.3 Å². The minimum Gasteiger partial charge on any atom is -0.493 e. The number of aromatic nitrogens is 2. The Morgan fingerprint density at radius 2 is 1.65 bits per heavy atom. The average Bonchev–Trinajstić information content (AvgIpc) is 2.60. The molecular formula is C16H13ClIN3O2. The lowest BCUT2D eigenvalue weighted by Gasteiger charge is -2.17. The van der Waals surface area contributed by atoms with Crippen molar-refractivity contribution in [2.75, 3.05) is 18.6 Å². The minimum atomic E-state index is 0.582. The van der Waals surface area contributed by atoms with E-state index >= 15 is 0 Å². The summed E-state index contributed by atoms with van der Waals surface area (Å²) in [5, 5.41) is 0.777. The summed E-state index contributed by atoms with van der Waals surface area (Å²) in [6, 6.07) is 11.5. The molecule has 0 aliphatic heterocycles. The molecule has 1 heterocycles. The highest BCUT2D eigenvalue weighted by Crippen LogP contribution is 2.37. The number of rotatable bonds is 4. The van der Waals surface area contributed by atoms with Gasteiger partial charge >= 0.3 is 0 Å². The lowest BCUT2D eigenvalue weighted by molar-refractivity contribution is 0.356. The fourth-order valence-corrected chi connectivity index (χ4v) is 2.83. The SMILES string of the molecule is COc1cc2ncnc(N(Cl)c3ccc(I)cc3)c2cc1OC. The third-order valence-corrected chi connectivity index (χ3v) is 4.43. The minimum absolute atomic E-state index is 0.582. The highest BCUT2D eigenvalue weighted by atomic mass is 127. The van der Waals surface area contributed by atoms with Crippen molar-refractivity contribution in [3.8, 4) is 11.5 Å². The molecule has 23 heavy (non-hydrogen) atoms. The van der Waals surface area contributed by atoms with Crippen LogP contribution in [0.25, 0.3) is 10.9 Å². The van der Waals surface area contributed by atoms with Crippen molar-refractivity contribution in [2.24, 2.45) is 0 Å². The molecule has 0 aliphatic carbocycles. The number of hydrogen-bond donors (Lipinski definition) is 0. The van der Waals surface area contributed by atoms with Crippen molar-refractivity contribution in [3.63, 3.8) is 0 Å². The Kier molecular flexibility index (Phi) is 4.72. The second-order valence-corrected chi connectivity index (χ2v) is 6.26. The van der Waals surface area contributed by atoms with Crippen molar-refractivity contribution in [1.82, 2.24) is 9.97 Å². The number of ether oxygens (including phenoxy) is 2. The van der Waals surface area contributed by atoms with Crippen LogP contribution in [0, 0.1) is 3.57 Å². The molecule has 118 valence electrons. The summed E-state index contributed by atoms with van der Waals surface area (Å²) < 4.78 is 13.3. The molecule has 3 aromatic rings. The maximum Gasteiger partial charge on any atom is 0.162 e. The Hall–Kier alpha value is -1.80. The van der Waals surface area contributed by atoms with Crippen LogP contribution in [0.2, 0.25) is 0 Å². The Balaban J connectivity index is 2.15. The van der Waals surface area contributed by atoms with Gasteiger partial charge in [0.2, 0.25) is 0 Å². The van der Waals surface area contributed by atoms with Crippen LogP contribution in [0.3, 0.4) is 0 Å². The second kappa shape index (κ2) is 6.76. The van der Waals surface area contributed by atoms with Crippen molar-refractivity contribution < 1.29 is 9.47 Å². The first-order chi connectivity index (χ1) is 11.1. The van der Waals surface area contributed by atoms with E-state index in [9.17, 15) is 0 Å². The Morgan fingerprint density at radius 1 is 1.00 bits per heavy atom. The number of benzene rings is 2.